The van der Waals surface area contributed by atoms with Crippen LogP contribution in [0.1, 0.15) is 6.92 Å². The van der Waals surface area contributed by atoms with Crippen LogP contribution in [0.3, 0.4) is 0 Å². The molecule has 0 amide bonds. The van der Waals surface area contributed by atoms with Gasteiger partial charge in [-0.05, 0) is 36.4 Å². The fourth-order valence-corrected chi connectivity index (χ4v) is 3.22. The highest BCUT2D eigenvalue weighted by Crippen LogP contribution is 2.33. The molecular weight excluding hydrogens is 318 g/mol. The van der Waals surface area contributed by atoms with E-state index >= 15 is 0 Å². The van der Waals surface area contributed by atoms with Crippen molar-refractivity contribution in [2.24, 2.45) is 5.18 Å². The molecule has 0 aliphatic rings. The molecule has 0 aliphatic heterocycles. The number of rotatable bonds is 3. The first-order valence-corrected chi connectivity index (χ1v) is 7.89. The van der Waals surface area contributed by atoms with Gasteiger partial charge in [-0.15, -0.1) is 4.91 Å². The Balaban J connectivity index is 2.19. The van der Waals surface area contributed by atoms with Gasteiger partial charge in [0.05, 0.1) is 11.1 Å². The van der Waals surface area contributed by atoms with Gasteiger partial charge in [0.1, 0.15) is 17.2 Å². The van der Waals surface area contributed by atoms with Crippen LogP contribution >= 0.6 is 0 Å². The number of hydrogen-bond donors (Lipinski definition) is 1. The highest BCUT2D eigenvalue weighted by atomic mass is 16.3. The Morgan fingerprint density at radius 3 is 2.68 bits per heavy atom. The van der Waals surface area contributed by atoms with Crippen molar-refractivity contribution < 1.29 is 0 Å². The van der Waals surface area contributed by atoms with Crippen molar-refractivity contribution in [3.8, 4) is 11.3 Å². The number of hydrogen-bond acceptors (Lipinski definition) is 5. The van der Waals surface area contributed by atoms with Crippen molar-refractivity contribution in [1.29, 1.82) is 0 Å². The number of aromatic nitrogens is 3. The minimum absolute atomic E-state index is 0.0670. The molecule has 0 bridgehead atoms. The maximum Gasteiger partial charge on any atom is 0.209 e. The van der Waals surface area contributed by atoms with Crippen molar-refractivity contribution in [3.63, 3.8) is 0 Å². The Morgan fingerprint density at radius 1 is 1.16 bits per heavy atom. The van der Waals surface area contributed by atoms with Crippen LogP contribution in [0.5, 0.6) is 0 Å². The Hall–Kier alpha value is -3.48. The summed E-state index contributed by atoms with van der Waals surface area (Å²) in [5.41, 5.74) is 7.74. The molecule has 0 saturated heterocycles. The number of benzene rings is 1. The number of imidazole rings is 1. The summed E-state index contributed by atoms with van der Waals surface area (Å²) in [4.78, 5) is 29.0. The average Bonchev–Trinajstić information content (AvgIpc) is 3.00. The Morgan fingerprint density at radius 2 is 1.92 bits per heavy atom. The molecule has 2 N–H and O–H groups in total. The Labute approximate surface area is 142 Å². The molecule has 0 atom stereocenters. The molecule has 0 spiro atoms. The van der Waals surface area contributed by atoms with Crippen LogP contribution < -0.4 is 11.2 Å². The van der Waals surface area contributed by atoms with E-state index in [4.69, 9.17) is 5.73 Å². The van der Waals surface area contributed by atoms with E-state index < -0.39 is 0 Å². The standard InChI is InChI=1S/C18H15N5O2/c1-2-22-12-8-4-3-7-11(12)16(24)14(17(22)19)15-18(21-25)23-10-6-5-9-13(23)20-15/h3-10H,2,19H2,1H3. The van der Waals surface area contributed by atoms with E-state index in [1.165, 1.54) is 0 Å². The smallest absolute Gasteiger partial charge is 0.209 e. The predicted octanol–water partition coefficient (Wildman–Crippen LogP) is 3.32. The van der Waals surface area contributed by atoms with E-state index in [9.17, 15) is 9.70 Å². The lowest BCUT2D eigenvalue weighted by Crippen LogP contribution is -2.17. The summed E-state index contributed by atoms with van der Waals surface area (Å²) in [6.07, 6.45) is 1.68. The maximum absolute atomic E-state index is 13.1. The lowest BCUT2D eigenvalue weighted by Gasteiger charge is -2.15. The fraction of sp³-hybridized carbons (Fsp3) is 0.111. The number of para-hydroxylation sites is 1. The zero-order valence-electron chi connectivity index (χ0n) is 13.5. The van der Waals surface area contributed by atoms with Crippen LogP contribution in [-0.4, -0.2) is 14.0 Å². The Bertz CT molecular complexity index is 1190. The Kier molecular flexibility index (Phi) is 3.35. The summed E-state index contributed by atoms with van der Waals surface area (Å²) in [5, 5.41) is 3.63. The van der Waals surface area contributed by atoms with Gasteiger partial charge < -0.3 is 10.3 Å². The van der Waals surface area contributed by atoms with Crippen molar-refractivity contribution in [2.75, 3.05) is 5.73 Å². The molecule has 3 aromatic heterocycles. The third-order valence-electron chi connectivity index (χ3n) is 4.36. The second-order valence-corrected chi connectivity index (χ2v) is 5.65. The first-order valence-electron chi connectivity index (χ1n) is 7.89. The van der Waals surface area contributed by atoms with Crippen molar-refractivity contribution in [3.05, 3.63) is 63.8 Å². The van der Waals surface area contributed by atoms with E-state index in [2.05, 4.69) is 10.2 Å². The third kappa shape index (κ3) is 2.06. The minimum Gasteiger partial charge on any atom is -0.384 e. The van der Waals surface area contributed by atoms with Gasteiger partial charge in [-0.25, -0.2) is 4.98 Å². The van der Waals surface area contributed by atoms with Crippen molar-refractivity contribution in [1.82, 2.24) is 14.0 Å². The highest BCUT2D eigenvalue weighted by Gasteiger charge is 2.23. The zero-order valence-corrected chi connectivity index (χ0v) is 13.5. The number of nitrogen functional groups attached to an aromatic ring is 1. The first kappa shape index (κ1) is 15.1. The van der Waals surface area contributed by atoms with Crippen LogP contribution in [-0.2, 0) is 6.54 Å². The lowest BCUT2D eigenvalue weighted by atomic mass is 10.1. The molecule has 0 unspecified atom stereocenters. The molecule has 4 aromatic rings. The first-order chi connectivity index (χ1) is 12.2. The summed E-state index contributed by atoms with van der Waals surface area (Å²) < 4.78 is 3.39. The molecule has 7 heteroatoms. The van der Waals surface area contributed by atoms with Gasteiger partial charge in [0.2, 0.25) is 11.2 Å². The van der Waals surface area contributed by atoms with Crippen LogP contribution in [0.25, 0.3) is 27.8 Å². The van der Waals surface area contributed by atoms with Gasteiger partial charge in [-0.1, -0.05) is 18.2 Å². The molecule has 7 nitrogen and oxygen atoms in total. The molecule has 124 valence electrons. The monoisotopic (exact) mass is 333 g/mol. The predicted molar refractivity (Wildman–Crippen MR) is 97.9 cm³/mol. The summed E-state index contributed by atoms with van der Waals surface area (Å²) in [5.74, 6) is 0.344. The second kappa shape index (κ2) is 5.55. The largest absolute Gasteiger partial charge is 0.384 e. The number of nitroso groups, excluding NO2 is 1. The molecule has 3 heterocycles. The summed E-state index contributed by atoms with van der Waals surface area (Å²) in [6.45, 7) is 2.52. The molecule has 25 heavy (non-hydrogen) atoms. The van der Waals surface area contributed by atoms with Crippen LogP contribution in [0.2, 0.25) is 0 Å². The number of pyridine rings is 2. The topological polar surface area (TPSA) is 94.8 Å². The number of nitrogens with two attached hydrogens (primary N) is 1. The quantitative estimate of drug-likeness (QED) is 0.582. The second-order valence-electron chi connectivity index (χ2n) is 5.65. The number of fused-ring (bicyclic) bond motifs is 2. The summed E-state index contributed by atoms with van der Waals surface area (Å²) in [6, 6.07) is 12.6. The average molecular weight is 333 g/mol. The van der Waals surface area contributed by atoms with Gasteiger partial charge in [-0.2, -0.15) is 0 Å². The number of anilines is 1. The maximum atomic E-state index is 13.1. The van der Waals surface area contributed by atoms with Crippen molar-refractivity contribution in [2.45, 2.75) is 13.5 Å². The van der Waals surface area contributed by atoms with Crippen LogP contribution in [0, 0.1) is 4.91 Å². The molecule has 1 aromatic carbocycles. The van der Waals surface area contributed by atoms with Crippen LogP contribution in [0.4, 0.5) is 11.6 Å². The van der Waals surface area contributed by atoms with E-state index in [0.29, 0.717) is 17.6 Å². The summed E-state index contributed by atoms with van der Waals surface area (Å²) in [7, 11) is 0. The molecular formula is C18H15N5O2. The van der Waals surface area contributed by atoms with Gasteiger partial charge in [0.15, 0.2) is 0 Å². The van der Waals surface area contributed by atoms with Gasteiger partial charge in [0.25, 0.3) is 0 Å². The SMILES string of the molecule is CCn1c(N)c(-c2nc3ccccn3c2N=O)c(=O)c2ccccc21. The minimum atomic E-state index is -0.258. The van der Waals surface area contributed by atoms with Gasteiger partial charge >= 0.3 is 0 Å². The normalized spacial score (nSPS) is 11.2. The molecule has 0 aliphatic carbocycles. The number of aryl methyl sites for hydroxylation is 1. The molecule has 0 radical (unpaired) electrons. The lowest BCUT2D eigenvalue weighted by molar-refractivity contribution is 0.800. The van der Waals surface area contributed by atoms with Crippen molar-refractivity contribution >= 4 is 28.2 Å². The summed E-state index contributed by atoms with van der Waals surface area (Å²) >= 11 is 0. The van der Waals surface area contributed by atoms with Crippen LogP contribution in [0.15, 0.2) is 58.6 Å². The van der Waals surface area contributed by atoms with E-state index in [-0.39, 0.29) is 28.3 Å². The van der Waals surface area contributed by atoms with E-state index in [1.807, 2.05) is 23.6 Å². The number of nitrogens with zero attached hydrogens (tertiary/aromatic N) is 4. The highest BCUT2D eigenvalue weighted by molar-refractivity contribution is 5.91. The van der Waals surface area contributed by atoms with E-state index in [1.54, 1.807) is 40.9 Å². The van der Waals surface area contributed by atoms with Gasteiger partial charge in [-0.3, -0.25) is 9.20 Å². The molecule has 0 saturated carbocycles. The fourth-order valence-electron chi connectivity index (χ4n) is 3.22. The third-order valence-corrected chi connectivity index (χ3v) is 4.36. The van der Waals surface area contributed by atoms with Gasteiger partial charge in [0, 0.05) is 18.1 Å². The van der Waals surface area contributed by atoms with E-state index in [0.717, 1.165) is 5.52 Å². The zero-order chi connectivity index (χ0) is 17.6. The molecule has 0 fully saturated rings. The molecule has 4 rings (SSSR count).